The van der Waals surface area contributed by atoms with Gasteiger partial charge in [-0.2, -0.15) is 0 Å². The first-order valence-corrected chi connectivity index (χ1v) is 12.1. The number of aryl methyl sites for hydroxylation is 1. The number of carbonyl (C=O) groups is 1. The second kappa shape index (κ2) is 10.3. The number of piperidine rings is 1. The molecule has 2 aromatic carbocycles. The number of hydrogen-bond donors (Lipinski definition) is 1. The van der Waals surface area contributed by atoms with Crippen LogP contribution in [0.1, 0.15) is 40.7 Å². The van der Waals surface area contributed by atoms with E-state index < -0.39 is 10.0 Å². The van der Waals surface area contributed by atoms with Gasteiger partial charge in [0.25, 0.3) is 5.91 Å². The number of hydrogen-bond acceptors (Lipinski definition) is 4. The molecule has 1 N–H and O–H groups in total. The van der Waals surface area contributed by atoms with Crippen molar-refractivity contribution < 1.29 is 17.9 Å². The van der Waals surface area contributed by atoms with Gasteiger partial charge in [-0.1, -0.05) is 36.2 Å². The fraction of sp³-hybridized carbons (Fsp3) is 0.409. The maximum absolute atomic E-state index is 12.5. The summed E-state index contributed by atoms with van der Waals surface area (Å²) in [4.78, 5) is 12.3. The SMILES string of the molecule is Cc1ccc(OCCNC(=O)c2ccc(CS(=O)(=O)N3CCCCC3)cc2)cc1Cl. The molecule has 0 spiro atoms. The Hall–Kier alpha value is -2.09. The van der Waals surface area contributed by atoms with E-state index in [0.29, 0.717) is 48.1 Å². The first-order valence-electron chi connectivity index (χ1n) is 10.1. The lowest BCUT2D eigenvalue weighted by Crippen LogP contribution is -2.36. The van der Waals surface area contributed by atoms with Crippen molar-refractivity contribution >= 4 is 27.5 Å². The van der Waals surface area contributed by atoms with Crippen molar-refractivity contribution in [3.63, 3.8) is 0 Å². The molecular formula is C22H27ClN2O4S. The summed E-state index contributed by atoms with van der Waals surface area (Å²) >= 11 is 6.06. The van der Waals surface area contributed by atoms with Crippen molar-refractivity contribution in [2.24, 2.45) is 0 Å². The number of nitrogens with one attached hydrogen (secondary N) is 1. The minimum absolute atomic E-state index is 0.0398. The smallest absolute Gasteiger partial charge is 0.251 e. The van der Waals surface area contributed by atoms with E-state index in [1.165, 1.54) is 0 Å². The molecule has 30 heavy (non-hydrogen) atoms. The minimum atomic E-state index is -3.31. The van der Waals surface area contributed by atoms with Crippen LogP contribution in [0.25, 0.3) is 0 Å². The van der Waals surface area contributed by atoms with Crippen molar-refractivity contribution in [1.29, 1.82) is 0 Å². The molecule has 0 aromatic heterocycles. The third kappa shape index (κ3) is 6.20. The Morgan fingerprint density at radius 1 is 1.10 bits per heavy atom. The van der Waals surface area contributed by atoms with Crippen molar-refractivity contribution in [3.8, 4) is 5.75 Å². The van der Waals surface area contributed by atoms with Crippen LogP contribution in [-0.2, 0) is 15.8 Å². The predicted octanol–water partition coefficient (Wildman–Crippen LogP) is 3.77. The molecule has 2 aromatic rings. The molecule has 1 aliphatic rings. The molecular weight excluding hydrogens is 424 g/mol. The van der Waals surface area contributed by atoms with Crippen LogP contribution in [0.15, 0.2) is 42.5 Å². The number of sulfonamides is 1. The zero-order valence-electron chi connectivity index (χ0n) is 17.1. The van der Waals surface area contributed by atoms with Gasteiger partial charge in [0.1, 0.15) is 12.4 Å². The monoisotopic (exact) mass is 450 g/mol. The number of carbonyl (C=O) groups excluding carboxylic acids is 1. The summed E-state index contributed by atoms with van der Waals surface area (Å²) in [5.74, 6) is 0.382. The fourth-order valence-electron chi connectivity index (χ4n) is 3.30. The summed E-state index contributed by atoms with van der Waals surface area (Å²) in [7, 11) is -3.31. The molecule has 1 fully saturated rings. The number of halogens is 1. The molecule has 1 heterocycles. The van der Waals surface area contributed by atoms with E-state index in [1.807, 2.05) is 19.1 Å². The van der Waals surface area contributed by atoms with Crippen molar-refractivity contribution in [3.05, 3.63) is 64.2 Å². The zero-order valence-corrected chi connectivity index (χ0v) is 18.6. The molecule has 6 nitrogen and oxygen atoms in total. The summed E-state index contributed by atoms with van der Waals surface area (Å²) in [5.41, 5.74) is 2.13. The zero-order chi connectivity index (χ0) is 21.6. The number of ether oxygens (including phenoxy) is 1. The molecule has 0 radical (unpaired) electrons. The van der Waals surface area contributed by atoms with Crippen LogP contribution in [0.2, 0.25) is 5.02 Å². The molecule has 0 atom stereocenters. The Bertz CT molecular complexity index is 971. The van der Waals surface area contributed by atoms with Gasteiger partial charge in [-0.05, 0) is 55.2 Å². The molecule has 1 aliphatic heterocycles. The lowest BCUT2D eigenvalue weighted by molar-refractivity contribution is 0.0947. The Labute approximate surface area is 183 Å². The highest BCUT2D eigenvalue weighted by atomic mass is 35.5. The van der Waals surface area contributed by atoms with Gasteiger partial charge in [-0.15, -0.1) is 0 Å². The molecule has 0 unspecified atom stereocenters. The normalized spacial score (nSPS) is 15.0. The van der Waals surface area contributed by atoms with E-state index in [2.05, 4.69) is 5.32 Å². The second-order valence-corrected chi connectivity index (χ2v) is 9.80. The Kier molecular flexibility index (Phi) is 7.75. The van der Waals surface area contributed by atoms with Crippen molar-refractivity contribution in [2.75, 3.05) is 26.2 Å². The summed E-state index contributed by atoms with van der Waals surface area (Å²) in [5, 5.41) is 3.43. The van der Waals surface area contributed by atoms with Crippen LogP contribution in [0.3, 0.4) is 0 Å². The van der Waals surface area contributed by atoms with Gasteiger partial charge < -0.3 is 10.1 Å². The Balaban J connectivity index is 1.46. The van der Waals surface area contributed by atoms with Crippen LogP contribution in [-0.4, -0.2) is 44.9 Å². The first kappa shape index (κ1) is 22.6. The number of nitrogens with zero attached hydrogens (tertiary/aromatic N) is 1. The summed E-state index contributed by atoms with van der Waals surface area (Å²) in [6.45, 7) is 3.77. The Morgan fingerprint density at radius 2 is 1.80 bits per heavy atom. The van der Waals surface area contributed by atoms with E-state index in [1.54, 1.807) is 34.6 Å². The van der Waals surface area contributed by atoms with Crippen LogP contribution >= 0.6 is 11.6 Å². The first-order chi connectivity index (χ1) is 14.3. The highest BCUT2D eigenvalue weighted by molar-refractivity contribution is 7.88. The largest absolute Gasteiger partial charge is 0.492 e. The van der Waals surface area contributed by atoms with Crippen molar-refractivity contribution in [2.45, 2.75) is 31.9 Å². The third-order valence-corrected chi connectivity index (χ3v) is 7.33. The van der Waals surface area contributed by atoms with Gasteiger partial charge in [0.2, 0.25) is 10.0 Å². The number of rotatable bonds is 8. The summed E-state index contributed by atoms with van der Waals surface area (Å²) in [6.07, 6.45) is 2.91. The molecule has 1 amide bonds. The molecule has 0 saturated carbocycles. The quantitative estimate of drug-likeness (QED) is 0.621. The van der Waals surface area contributed by atoms with Gasteiger partial charge >= 0.3 is 0 Å². The number of amides is 1. The van der Waals surface area contributed by atoms with Crippen LogP contribution in [0.5, 0.6) is 5.75 Å². The van der Waals surface area contributed by atoms with Crippen LogP contribution < -0.4 is 10.1 Å². The second-order valence-electron chi connectivity index (χ2n) is 7.43. The average Bonchev–Trinajstić information content (AvgIpc) is 2.74. The van der Waals surface area contributed by atoms with E-state index in [-0.39, 0.29) is 11.7 Å². The molecule has 0 aliphatic carbocycles. The average molecular weight is 451 g/mol. The lowest BCUT2D eigenvalue weighted by atomic mass is 10.1. The number of benzene rings is 2. The van der Waals surface area contributed by atoms with E-state index in [9.17, 15) is 13.2 Å². The van der Waals surface area contributed by atoms with Crippen molar-refractivity contribution in [1.82, 2.24) is 9.62 Å². The Morgan fingerprint density at radius 3 is 2.47 bits per heavy atom. The molecule has 0 bridgehead atoms. The van der Waals surface area contributed by atoms with E-state index >= 15 is 0 Å². The lowest BCUT2D eigenvalue weighted by Gasteiger charge is -2.25. The van der Waals surface area contributed by atoms with E-state index in [0.717, 1.165) is 24.8 Å². The topological polar surface area (TPSA) is 75.7 Å². The molecule has 1 saturated heterocycles. The maximum Gasteiger partial charge on any atom is 0.251 e. The summed E-state index contributed by atoms with van der Waals surface area (Å²) in [6, 6.07) is 12.1. The predicted molar refractivity (Wildman–Crippen MR) is 119 cm³/mol. The minimum Gasteiger partial charge on any atom is -0.492 e. The fourth-order valence-corrected chi connectivity index (χ4v) is 5.08. The van der Waals surface area contributed by atoms with E-state index in [4.69, 9.17) is 16.3 Å². The van der Waals surface area contributed by atoms with Gasteiger partial charge in [-0.25, -0.2) is 12.7 Å². The van der Waals surface area contributed by atoms with Gasteiger partial charge in [0.15, 0.2) is 0 Å². The maximum atomic E-state index is 12.5. The molecule has 3 rings (SSSR count). The highest BCUT2D eigenvalue weighted by Gasteiger charge is 2.24. The van der Waals surface area contributed by atoms with Gasteiger partial charge in [0.05, 0.1) is 12.3 Å². The standard InChI is InChI=1S/C22H27ClN2O4S/c1-17-5-10-20(15-21(17)23)29-14-11-24-22(26)19-8-6-18(7-9-19)16-30(27,28)25-12-3-2-4-13-25/h5-10,15H,2-4,11-14,16H2,1H3,(H,24,26). The molecule has 162 valence electrons. The summed E-state index contributed by atoms with van der Waals surface area (Å²) < 4.78 is 32.2. The van der Waals surface area contributed by atoms with Crippen LogP contribution in [0, 0.1) is 6.92 Å². The van der Waals surface area contributed by atoms with Gasteiger partial charge in [-0.3, -0.25) is 4.79 Å². The third-order valence-electron chi connectivity index (χ3n) is 5.07. The molecule has 8 heteroatoms. The van der Waals surface area contributed by atoms with Gasteiger partial charge in [0, 0.05) is 23.7 Å². The highest BCUT2D eigenvalue weighted by Crippen LogP contribution is 2.21. The van der Waals surface area contributed by atoms with Crippen LogP contribution in [0.4, 0.5) is 0 Å².